The van der Waals surface area contributed by atoms with Crippen molar-refractivity contribution >= 4 is 17.7 Å². The van der Waals surface area contributed by atoms with E-state index in [2.05, 4.69) is 0 Å². The van der Waals surface area contributed by atoms with Gasteiger partial charge in [0.1, 0.15) is 5.82 Å². The Kier molecular flexibility index (Phi) is 3.73. The van der Waals surface area contributed by atoms with Crippen LogP contribution in [0, 0.1) is 5.82 Å². The van der Waals surface area contributed by atoms with Gasteiger partial charge in [0.25, 0.3) is 0 Å². The average molecular weight is 273 g/mol. The number of rotatable bonds is 1. The van der Waals surface area contributed by atoms with Gasteiger partial charge < -0.3 is 15.7 Å². The fourth-order valence-corrected chi connectivity index (χ4v) is 2.43. The van der Waals surface area contributed by atoms with Gasteiger partial charge in [-0.3, -0.25) is 0 Å². The van der Waals surface area contributed by atoms with Crippen LogP contribution < -0.4 is 5.73 Å². The Bertz CT molecular complexity index is 469. The smallest absolute Gasteiger partial charge is 0.407 e. The lowest BCUT2D eigenvalue weighted by molar-refractivity contribution is 0.126. The zero-order valence-electron chi connectivity index (χ0n) is 9.64. The van der Waals surface area contributed by atoms with Crippen LogP contribution in [0.4, 0.5) is 9.18 Å². The lowest BCUT2D eigenvalue weighted by Gasteiger charge is -2.35. The van der Waals surface area contributed by atoms with Gasteiger partial charge in [0.05, 0.1) is 5.02 Å². The maximum absolute atomic E-state index is 13.1. The van der Waals surface area contributed by atoms with E-state index in [1.807, 2.05) is 0 Å². The predicted octanol–water partition coefficient (Wildman–Crippen LogP) is 2.27. The zero-order valence-corrected chi connectivity index (χ0v) is 10.4. The molecule has 1 fully saturated rings. The molecule has 0 spiro atoms. The standard InChI is InChI=1S/C12H14ClFN2O2/c13-9-5-7(1-2-10(9)14)8-6-16(12(17)18)4-3-11(8)15/h1-2,5,8,11H,3-4,6,15H2,(H,17,18). The number of hydrogen-bond acceptors (Lipinski definition) is 2. The molecule has 1 amide bonds. The Morgan fingerprint density at radius 3 is 2.89 bits per heavy atom. The second-order valence-electron chi connectivity index (χ2n) is 4.46. The largest absolute Gasteiger partial charge is 0.465 e. The van der Waals surface area contributed by atoms with Gasteiger partial charge in [-0.15, -0.1) is 0 Å². The monoisotopic (exact) mass is 272 g/mol. The third kappa shape index (κ3) is 2.57. The summed E-state index contributed by atoms with van der Waals surface area (Å²) in [5.74, 6) is -0.632. The van der Waals surface area contributed by atoms with E-state index in [1.165, 1.54) is 17.0 Å². The number of hydrogen-bond donors (Lipinski definition) is 2. The van der Waals surface area contributed by atoms with Gasteiger partial charge in [0.2, 0.25) is 0 Å². The molecule has 2 rings (SSSR count). The van der Waals surface area contributed by atoms with Crippen LogP contribution in [0.25, 0.3) is 0 Å². The molecule has 0 aromatic heterocycles. The van der Waals surface area contributed by atoms with Crippen LogP contribution in [0.5, 0.6) is 0 Å². The molecule has 0 saturated carbocycles. The molecule has 1 heterocycles. The van der Waals surface area contributed by atoms with Gasteiger partial charge in [-0.05, 0) is 24.1 Å². The van der Waals surface area contributed by atoms with E-state index in [0.717, 1.165) is 5.56 Å². The molecule has 4 nitrogen and oxygen atoms in total. The summed E-state index contributed by atoms with van der Waals surface area (Å²) in [7, 11) is 0. The van der Waals surface area contributed by atoms with Crippen LogP contribution in [-0.2, 0) is 0 Å². The number of amides is 1. The summed E-state index contributed by atoms with van der Waals surface area (Å²) >= 11 is 5.73. The number of halogens is 2. The van der Waals surface area contributed by atoms with Crippen LogP contribution in [0.2, 0.25) is 5.02 Å². The van der Waals surface area contributed by atoms with Crippen LogP contribution in [0.1, 0.15) is 17.9 Å². The third-order valence-electron chi connectivity index (χ3n) is 3.31. The summed E-state index contributed by atoms with van der Waals surface area (Å²) in [6.07, 6.45) is -0.369. The lowest BCUT2D eigenvalue weighted by Crippen LogP contribution is -2.47. The first-order valence-corrected chi connectivity index (χ1v) is 6.05. The van der Waals surface area contributed by atoms with Crippen molar-refractivity contribution in [1.82, 2.24) is 4.90 Å². The first-order valence-electron chi connectivity index (χ1n) is 5.67. The van der Waals surface area contributed by atoms with Crippen LogP contribution in [-0.4, -0.2) is 35.2 Å². The van der Waals surface area contributed by atoms with Crippen molar-refractivity contribution in [3.8, 4) is 0 Å². The molecular formula is C12H14ClFN2O2. The molecule has 98 valence electrons. The fraction of sp³-hybridized carbons (Fsp3) is 0.417. The minimum atomic E-state index is -0.958. The summed E-state index contributed by atoms with van der Waals surface area (Å²) in [6, 6.07) is 4.27. The number of carbonyl (C=O) groups is 1. The maximum Gasteiger partial charge on any atom is 0.407 e. The highest BCUT2D eigenvalue weighted by Gasteiger charge is 2.30. The molecule has 1 aliphatic rings. The molecule has 1 aromatic rings. The second-order valence-corrected chi connectivity index (χ2v) is 4.87. The number of benzene rings is 1. The van der Waals surface area contributed by atoms with Gasteiger partial charge in [-0.1, -0.05) is 17.7 Å². The number of nitrogens with two attached hydrogens (primary N) is 1. The molecule has 1 saturated heterocycles. The molecular weight excluding hydrogens is 259 g/mol. The Morgan fingerprint density at radius 1 is 1.56 bits per heavy atom. The molecule has 2 unspecified atom stereocenters. The average Bonchev–Trinajstić information content (AvgIpc) is 2.33. The van der Waals surface area contributed by atoms with E-state index in [4.69, 9.17) is 22.4 Å². The minimum Gasteiger partial charge on any atom is -0.465 e. The van der Waals surface area contributed by atoms with E-state index in [1.54, 1.807) is 6.07 Å². The molecule has 2 atom stereocenters. The topological polar surface area (TPSA) is 66.6 Å². The van der Waals surface area contributed by atoms with E-state index < -0.39 is 11.9 Å². The van der Waals surface area contributed by atoms with Gasteiger partial charge >= 0.3 is 6.09 Å². The Morgan fingerprint density at radius 2 is 2.28 bits per heavy atom. The lowest BCUT2D eigenvalue weighted by atomic mass is 9.87. The molecule has 6 heteroatoms. The number of carboxylic acid groups (broad SMARTS) is 1. The highest BCUT2D eigenvalue weighted by atomic mass is 35.5. The van der Waals surface area contributed by atoms with Crippen molar-refractivity contribution in [2.75, 3.05) is 13.1 Å². The van der Waals surface area contributed by atoms with E-state index >= 15 is 0 Å². The zero-order chi connectivity index (χ0) is 13.3. The first kappa shape index (κ1) is 13.1. The van der Waals surface area contributed by atoms with Crippen molar-refractivity contribution in [3.63, 3.8) is 0 Å². The van der Waals surface area contributed by atoms with Crippen molar-refractivity contribution in [3.05, 3.63) is 34.6 Å². The predicted molar refractivity (Wildman–Crippen MR) is 66.3 cm³/mol. The summed E-state index contributed by atoms with van der Waals surface area (Å²) in [6.45, 7) is 0.750. The third-order valence-corrected chi connectivity index (χ3v) is 3.60. The SMILES string of the molecule is NC1CCN(C(=O)O)CC1c1ccc(F)c(Cl)c1. The molecule has 18 heavy (non-hydrogen) atoms. The number of piperidine rings is 1. The van der Waals surface area contributed by atoms with Crippen molar-refractivity contribution in [2.24, 2.45) is 5.73 Å². The quantitative estimate of drug-likeness (QED) is 0.824. The second kappa shape index (κ2) is 5.12. The van der Waals surface area contributed by atoms with Crippen LogP contribution in [0.15, 0.2) is 18.2 Å². The summed E-state index contributed by atoms with van der Waals surface area (Å²) < 4.78 is 13.1. The van der Waals surface area contributed by atoms with Gasteiger partial charge in [-0.2, -0.15) is 0 Å². The molecule has 0 bridgehead atoms. The summed E-state index contributed by atoms with van der Waals surface area (Å²) in [4.78, 5) is 12.3. The highest BCUT2D eigenvalue weighted by Crippen LogP contribution is 2.29. The van der Waals surface area contributed by atoms with E-state index in [9.17, 15) is 9.18 Å². The minimum absolute atomic E-state index is 0.0344. The van der Waals surface area contributed by atoms with Gasteiger partial charge in [0.15, 0.2) is 0 Å². The molecule has 1 aromatic carbocycles. The molecule has 0 radical (unpaired) electrons. The summed E-state index contributed by atoms with van der Waals surface area (Å²) in [5.41, 5.74) is 6.78. The van der Waals surface area contributed by atoms with Gasteiger partial charge in [-0.25, -0.2) is 9.18 Å². The van der Waals surface area contributed by atoms with Crippen LogP contribution in [0.3, 0.4) is 0 Å². The van der Waals surface area contributed by atoms with Crippen molar-refractivity contribution < 1.29 is 14.3 Å². The van der Waals surface area contributed by atoms with E-state index in [0.29, 0.717) is 19.5 Å². The van der Waals surface area contributed by atoms with E-state index in [-0.39, 0.29) is 17.0 Å². The molecule has 1 aliphatic heterocycles. The molecule has 0 aliphatic carbocycles. The van der Waals surface area contributed by atoms with Gasteiger partial charge in [0, 0.05) is 25.0 Å². The van der Waals surface area contributed by atoms with Crippen molar-refractivity contribution in [2.45, 2.75) is 18.4 Å². The van der Waals surface area contributed by atoms with Crippen LogP contribution >= 0.6 is 11.6 Å². The summed E-state index contributed by atoms with van der Waals surface area (Å²) in [5, 5.41) is 9.02. The fourth-order valence-electron chi connectivity index (χ4n) is 2.24. The highest BCUT2D eigenvalue weighted by molar-refractivity contribution is 6.30. The number of nitrogens with zero attached hydrogens (tertiary/aromatic N) is 1. The maximum atomic E-state index is 13.1. The Hall–Kier alpha value is -1.33. The first-order chi connectivity index (χ1) is 8.49. The molecule has 3 N–H and O–H groups in total. The normalized spacial score (nSPS) is 24.1. The van der Waals surface area contributed by atoms with Crippen molar-refractivity contribution in [1.29, 1.82) is 0 Å². The Labute approximate surface area is 109 Å². The number of likely N-dealkylation sites (tertiary alicyclic amines) is 1. The Balaban J connectivity index is 2.24.